The Balaban J connectivity index is 2.05. The van der Waals surface area contributed by atoms with Crippen LogP contribution >= 0.6 is 34.5 Å². The fourth-order valence-corrected chi connectivity index (χ4v) is 3.36. The van der Waals surface area contributed by atoms with E-state index >= 15 is 0 Å². The van der Waals surface area contributed by atoms with Gasteiger partial charge in [-0.25, -0.2) is 4.98 Å². The molecule has 134 valence electrons. The molecule has 0 saturated heterocycles. The molecule has 10 heteroatoms. The highest BCUT2D eigenvalue weighted by atomic mass is 35.5. The zero-order chi connectivity index (χ0) is 18.2. The van der Waals surface area contributed by atoms with Gasteiger partial charge in [-0.2, -0.15) is 8.78 Å². The monoisotopic (exact) mass is 407 g/mol. The van der Waals surface area contributed by atoms with Crippen LogP contribution in [0.4, 0.5) is 14.5 Å². The van der Waals surface area contributed by atoms with Gasteiger partial charge in [0.25, 0.3) is 0 Å². The average Bonchev–Trinajstić information content (AvgIpc) is 3.20. The topological polar surface area (TPSA) is 84.3 Å². The second kappa shape index (κ2) is 7.05. The third kappa shape index (κ3) is 3.45. The van der Waals surface area contributed by atoms with Crippen LogP contribution in [-0.2, 0) is 12.5 Å². The molecule has 3 aromatic heterocycles. The van der Waals surface area contributed by atoms with Crippen LogP contribution in [0.25, 0.3) is 11.1 Å². The van der Waals surface area contributed by atoms with Crippen molar-refractivity contribution in [2.24, 2.45) is 5.73 Å². The molecule has 3 rings (SSSR count). The number of nitrogens with zero attached hydrogens (tertiary/aromatic N) is 1. The molecule has 0 saturated carbocycles. The van der Waals surface area contributed by atoms with Gasteiger partial charge in [0.1, 0.15) is 15.7 Å². The average molecular weight is 408 g/mol. The van der Waals surface area contributed by atoms with Crippen LogP contribution in [0.1, 0.15) is 10.6 Å². The van der Waals surface area contributed by atoms with Crippen LogP contribution in [0.5, 0.6) is 0 Å². The number of nitrogens with two attached hydrogens (primary N) is 1. The molecular formula is C15H13Cl2F2N3O2S. The van der Waals surface area contributed by atoms with Gasteiger partial charge in [0.05, 0.1) is 18.3 Å². The molecule has 3 heterocycles. The summed E-state index contributed by atoms with van der Waals surface area (Å²) in [7, 11) is 0. The molecule has 5 nitrogen and oxygen atoms in total. The van der Waals surface area contributed by atoms with E-state index in [0.717, 1.165) is 4.88 Å². The Morgan fingerprint density at radius 3 is 2.84 bits per heavy atom. The molecule has 0 spiro atoms. The molecule has 0 bridgehead atoms. The normalized spacial score (nSPS) is 13.4. The Kier molecular flexibility index (Phi) is 5.17. The SMILES string of the molecule is N[C@@H](CO)C(F)(F)c1oc2c(NCc3cccs3)cc(Cl)nc2c1Cl. The van der Waals surface area contributed by atoms with Gasteiger partial charge < -0.3 is 20.6 Å². The van der Waals surface area contributed by atoms with E-state index in [4.69, 9.17) is 38.5 Å². The van der Waals surface area contributed by atoms with E-state index in [1.165, 1.54) is 17.4 Å². The highest BCUT2D eigenvalue weighted by molar-refractivity contribution is 7.09. The fourth-order valence-electron chi connectivity index (χ4n) is 2.23. The van der Waals surface area contributed by atoms with Crippen molar-refractivity contribution in [3.63, 3.8) is 0 Å². The molecule has 0 radical (unpaired) electrons. The van der Waals surface area contributed by atoms with Crippen molar-refractivity contribution in [2.75, 3.05) is 11.9 Å². The van der Waals surface area contributed by atoms with Crippen molar-refractivity contribution in [3.8, 4) is 0 Å². The zero-order valence-electron chi connectivity index (χ0n) is 12.6. The molecule has 0 aromatic carbocycles. The minimum atomic E-state index is -3.66. The largest absolute Gasteiger partial charge is 0.449 e. The summed E-state index contributed by atoms with van der Waals surface area (Å²) in [5.41, 5.74) is 5.71. The van der Waals surface area contributed by atoms with Crippen molar-refractivity contribution < 1.29 is 18.3 Å². The number of anilines is 1. The summed E-state index contributed by atoms with van der Waals surface area (Å²) in [5, 5.41) is 13.6. The van der Waals surface area contributed by atoms with E-state index in [0.29, 0.717) is 12.2 Å². The summed E-state index contributed by atoms with van der Waals surface area (Å²) >= 11 is 13.5. The molecule has 25 heavy (non-hydrogen) atoms. The first-order valence-corrected chi connectivity index (χ1v) is 8.77. The number of nitrogens with one attached hydrogen (secondary N) is 1. The molecule has 0 aliphatic heterocycles. The predicted molar refractivity (Wildman–Crippen MR) is 94.6 cm³/mol. The number of hydrogen-bond donors (Lipinski definition) is 3. The van der Waals surface area contributed by atoms with E-state index in [1.807, 2.05) is 17.5 Å². The maximum Gasteiger partial charge on any atom is 0.323 e. The predicted octanol–water partition coefficient (Wildman–Crippen LogP) is 4.22. The van der Waals surface area contributed by atoms with Crippen molar-refractivity contribution >= 4 is 51.3 Å². The maximum absolute atomic E-state index is 14.3. The van der Waals surface area contributed by atoms with Gasteiger partial charge in [-0.05, 0) is 11.4 Å². The third-order valence-electron chi connectivity index (χ3n) is 3.55. The molecule has 0 unspecified atom stereocenters. The molecule has 3 aromatic rings. The van der Waals surface area contributed by atoms with Gasteiger partial charge in [-0.3, -0.25) is 0 Å². The maximum atomic E-state index is 14.3. The van der Waals surface area contributed by atoms with Crippen LogP contribution in [-0.4, -0.2) is 22.7 Å². The van der Waals surface area contributed by atoms with Gasteiger partial charge in [-0.15, -0.1) is 11.3 Å². The van der Waals surface area contributed by atoms with Crippen molar-refractivity contribution in [3.05, 3.63) is 44.4 Å². The van der Waals surface area contributed by atoms with Gasteiger partial charge in [0.15, 0.2) is 11.3 Å². The fraction of sp³-hybridized carbons (Fsp3) is 0.267. The molecule has 0 aliphatic rings. The minimum absolute atomic E-state index is 0.00246. The summed E-state index contributed by atoms with van der Waals surface area (Å²) in [6.07, 6.45) is 0. The Hall–Kier alpha value is -1.45. The van der Waals surface area contributed by atoms with Crippen molar-refractivity contribution in [1.82, 2.24) is 4.98 Å². The second-order valence-corrected chi connectivity index (χ2v) is 7.06. The van der Waals surface area contributed by atoms with E-state index in [9.17, 15) is 8.78 Å². The zero-order valence-corrected chi connectivity index (χ0v) is 14.9. The quantitative estimate of drug-likeness (QED) is 0.532. The second-order valence-electron chi connectivity index (χ2n) is 5.26. The Morgan fingerprint density at radius 1 is 1.44 bits per heavy atom. The van der Waals surface area contributed by atoms with E-state index < -0.39 is 24.3 Å². The van der Waals surface area contributed by atoms with Gasteiger partial charge in [-0.1, -0.05) is 29.3 Å². The molecule has 0 amide bonds. The van der Waals surface area contributed by atoms with E-state index in [2.05, 4.69) is 10.3 Å². The number of thiophene rings is 1. The number of aliphatic hydroxyl groups is 1. The number of aliphatic hydroxyl groups excluding tert-OH is 1. The van der Waals surface area contributed by atoms with Crippen LogP contribution < -0.4 is 11.1 Å². The molecule has 0 aliphatic carbocycles. The van der Waals surface area contributed by atoms with Crippen molar-refractivity contribution in [1.29, 1.82) is 0 Å². The lowest BCUT2D eigenvalue weighted by molar-refractivity contribution is -0.0627. The standard InChI is InChI=1S/C15H13Cl2F2N3O2S/c16-10-4-8(21-5-7-2-1-3-25-7)13-12(22-10)11(17)14(24-13)15(18,19)9(20)6-23/h1-4,9,23H,5-6,20H2,(H,21,22)/t9-/m0/s1. The highest BCUT2D eigenvalue weighted by Crippen LogP contribution is 2.43. The van der Waals surface area contributed by atoms with Gasteiger partial charge >= 0.3 is 5.92 Å². The number of alkyl halides is 2. The summed E-state index contributed by atoms with van der Waals surface area (Å²) in [4.78, 5) is 5.00. The van der Waals surface area contributed by atoms with Crippen molar-refractivity contribution in [2.45, 2.75) is 18.5 Å². The molecule has 4 N–H and O–H groups in total. The lowest BCUT2D eigenvalue weighted by Gasteiger charge is -2.19. The summed E-state index contributed by atoms with van der Waals surface area (Å²) in [5.74, 6) is -4.51. The lowest BCUT2D eigenvalue weighted by atomic mass is 10.1. The van der Waals surface area contributed by atoms with E-state index in [1.54, 1.807) is 0 Å². The van der Waals surface area contributed by atoms with Crippen LogP contribution in [0, 0.1) is 0 Å². The van der Waals surface area contributed by atoms with Gasteiger partial charge in [0.2, 0.25) is 0 Å². The number of fused-ring (bicyclic) bond motifs is 1. The molecule has 1 atom stereocenters. The lowest BCUT2D eigenvalue weighted by Crippen LogP contribution is -2.41. The number of furan rings is 1. The number of rotatable bonds is 6. The Morgan fingerprint density at radius 2 is 2.20 bits per heavy atom. The van der Waals surface area contributed by atoms with Crippen LogP contribution in [0.15, 0.2) is 28.0 Å². The summed E-state index contributed by atoms with van der Waals surface area (Å²) in [6.45, 7) is -0.481. The Labute approximate surface area is 155 Å². The third-order valence-corrected chi connectivity index (χ3v) is 4.97. The highest BCUT2D eigenvalue weighted by Gasteiger charge is 2.45. The van der Waals surface area contributed by atoms with E-state index in [-0.39, 0.29) is 21.3 Å². The smallest absolute Gasteiger partial charge is 0.323 e. The number of halogens is 4. The first-order chi connectivity index (χ1) is 11.8. The van der Waals surface area contributed by atoms with Crippen LogP contribution in [0.2, 0.25) is 10.2 Å². The Bertz CT molecular complexity index is 887. The van der Waals surface area contributed by atoms with Gasteiger partial charge in [0, 0.05) is 17.5 Å². The molecular weight excluding hydrogens is 395 g/mol. The van der Waals surface area contributed by atoms with Crippen LogP contribution in [0.3, 0.4) is 0 Å². The number of hydrogen-bond acceptors (Lipinski definition) is 6. The first-order valence-electron chi connectivity index (χ1n) is 7.14. The summed E-state index contributed by atoms with van der Waals surface area (Å²) < 4.78 is 34.0. The summed E-state index contributed by atoms with van der Waals surface area (Å²) in [6, 6.07) is 3.43. The minimum Gasteiger partial charge on any atom is -0.449 e. The number of pyridine rings is 1. The molecule has 0 fully saturated rings. The number of aromatic nitrogens is 1. The first kappa shape index (κ1) is 18.3.